The molecule has 4 aromatic rings. The molecule has 1 fully saturated rings. The van der Waals surface area contributed by atoms with Crippen LogP contribution in [0.5, 0.6) is 0 Å². The molecular weight excluding hydrogens is 590 g/mol. The molecule has 1 aromatic heterocycles. The number of piperazine rings is 1. The number of carbonyl (C=O) groups is 1. The molecule has 0 aliphatic carbocycles. The molecule has 2 aliphatic heterocycles. The van der Waals surface area contributed by atoms with Crippen molar-refractivity contribution in [3.8, 4) is 0 Å². The number of rotatable bonds is 9. The summed E-state index contributed by atoms with van der Waals surface area (Å²) in [6, 6.07) is 22.1. The first kappa shape index (κ1) is 32.2. The van der Waals surface area contributed by atoms with E-state index < -0.39 is 6.09 Å². The summed E-state index contributed by atoms with van der Waals surface area (Å²) in [7, 11) is 6.15. The summed E-state index contributed by atoms with van der Waals surface area (Å²) in [5.74, 6) is 1.49. The van der Waals surface area contributed by atoms with E-state index in [-0.39, 0.29) is 25.3 Å². The van der Waals surface area contributed by atoms with Gasteiger partial charge in [0.25, 0.3) is 0 Å². The van der Waals surface area contributed by atoms with Crippen LogP contribution in [0.2, 0.25) is 0 Å². The van der Waals surface area contributed by atoms with Gasteiger partial charge in [0.05, 0.1) is 18.4 Å². The average molecular weight is 634 g/mol. The fraction of sp³-hybridized carbons (Fsp3) is 0.405. The normalized spacial score (nSPS) is 17.8. The van der Waals surface area contributed by atoms with Gasteiger partial charge in [-0.05, 0) is 48.5 Å². The highest BCUT2D eigenvalue weighted by Gasteiger charge is 2.37. The first-order chi connectivity index (χ1) is 22.8. The molecule has 1 saturated heterocycles. The predicted octanol–water partition coefficient (Wildman–Crippen LogP) is 5.50. The lowest BCUT2D eigenvalue weighted by atomic mass is 9.92. The van der Waals surface area contributed by atoms with Gasteiger partial charge in [0.1, 0.15) is 18.5 Å². The van der Waals surface area contributed by atoms with Crippen molar-refractivity contribution in [2.24, 2.45) is 0 Å². The largest absolute Gasteiger partial charge is 0.445 e. The van der Waals surface area contributed by atoms with Gasteiger partial charge in [0.15, 0.2) is 0 Å². The lowest BCUT2D eigenvalue weighted by Crippen LogP contribution is -2.57. The SMILES string of the molecule is [C-]#[N+]C[C@H]1CN(c2nc(N(C)CCN(C)C)nc3c2COC(c2cccc4cccc(C)c24)C3)CCN1C(=O)OCc1ccccc1. The Morgan fingerprint density at radius 1 is 1.02 bits per heavy atom. The Balaban J connectivity index is 1.29. The molecule has 2 atom stereocenters. The Morgan fingerprint density at radius 3 is 2.57 bits per heavy atom. The first-order valence-electron chi connectivity index (χ1n) is 16.2. The van der Waals surface area contributed by atoms with Crippen LogP contribution in [0.25, 0.3) is 15.6 Å². The number of hydrogen-bond donors (Lipinski definition) is 0. The lowest BCUT2D eigenvalue weighted by molar-refractivity contribution is 0.0268. The molecule has 10 nitrogen and oxygen atoms in total. The van der Waals surface area contributed by atoms with Crippen LogP contribution in [0.1, 0.15) is 34.1 Å². The lowest BCUT2D eigenvalue weighted by Gasteiger charge is -2.40. The molecule has 3 aromatic carbocycles. The van der Waals surface area contributed by atoms with E-state index in [9.17, 15) is 4.79 Å². The third-order valence-corrected chi connectivity index (χ3v) is 9.11. The monoisotopic (exact) mass is 633 g/mol. The molecule has 47 heavy (non-hydrogen) atoms. The van der Waals surface area contributed by atoms with Crippen LogP contribution in [-0.4, -0.2) is 92.3 Å². The third kappa shape index (κ3) is 7.17. The summed E-state index contributed by atoms with van der Waals surface area (Å²) in [4.78, 5) is 35.3. The van der Waals surface area contributed by atoms with Crippen LogP contribution in [0.3, 0.4) is 0 Å². The highest BCUT2D eigenvalue weighted by molar-refractivity contribution is 5.89. The standard InChI is InChI=1S/C37H43N7O3/c1-26-11-9-14-28-15-10-16-30(34(26)28)33-21-32-31(25-46-33)35(40-36(39-32)42(5)18-17-41(3)4)43-19-20-44(29(23-43)22-38-2)37(45)47-24-27-12-7-6-8-13-27/h6-16,29,33H,17-25H2,1,3-5H3/t29-,33?/m0/s1. The Labute approximate surface area is 277 Å². The Kier molecular flexibility index (Phi) is 9.85. The van der Waals surface area contributed by atoms with Crippen molar-refractivity contribution in [2.45, 2.75) is 38.7 Å². The third-order valence-electron chi connectivity index (χ3n) is 9.11. The number of aromatic nitrogens is 2. The Hall–Kier alpha value is -4.72. The number of likely N-dealkylation sites (N-methyl/N-ethyl adjacent to an activating group) is 2. The summed E-state index contributed by atoms with van der Waals surface area (Å²) < 4.78 is 12.3. The number of ether oxygens (including phenoxy) is 2. The van der Waals surface area contributed by atoms with E-state index in [0.717, 1.165) is 35.7 Å². The topological polar surface area (TPSA) is 78.6 Å². The molecular formula is C37H43N7O3. The van der Waals surface area contributed by atoms with Gasteiger partial charge < -0.3 is 29.0 Å². The van der Waals surface area contributed by atoms with Gasteiger partial charge in [-0.3, -0.25) is 4.90 Å². The average Bonchev–Trinajstić information content (AvgIpc) is 3.09. The molecule has 244 valence electrons. The number of carbonyl (C=O) groups excluding carboxylic acids is 1. The smallest absolute Gasteiger partial charge is 0.410 e. The van der Waals surface area contributed by atoms with E-state index in [1.165, 1.54) is 21.9 Å². The molecule has 2 aliphatic rings. The molecule has 0 N–H and O–H groups in total. The van der Waals surface area contributed by atoms with Crippen LogP contribution in [-0.2, 0) is 29.1 Å². The van der Waals surface area contributed by atoms with E-state index in [2.05, 4.69) is 77.0 Å². The maximum atomic E-state index is 13.2. The summed E-state index contributed by atoms with van der Waals surface area (Å²) in [5, 5.41) is 2.44. The zero-order valence-corrected chi connectivity index (χ0v) is 27.7. The van der Waals surface area contributed by atoms with E-state index in [0.29, 0.717) is 38.6 Å². The van der Waals surface area contributed by atoms with Gasteiger partial charge in [-0.2, -0.15) is 4.98 Å². The molecule has 1 amide bonds. The summed E-state index contributed by atoms with van der Waals surface area (Å²) in [6.45, 7) is 13.7. The van der Waals surface area contributed by atoms with Crippen molar-refractivity contribution >= 4 is 28.6 Å². The predicted molar refractivity (Wildman–Crippen MR) is 185 cm³/mol. The fourth-order valence-electron chi connectivity index (χ4n) is 6.50. The van der Waals surface area contributed by atoms with Crippen LogP contribution < -0.4 is 9.80 Å². The molecule has 3 heterocycles. The molecule has 0 spiro atoms. The van der Waals surface area contributed by atoms with E-state index >= 15 is 0 Å². The van der Waals surface area contributed by atoms with Gasteiger partial charge in [-0.25, -0.2) is 16.4 Å². The van der Waals surface area contributed by atoms with Gasteiger partial charge in [-0.15, -0.1) is 0 Å². The van der Waals surface area contributed by atoms with Crippen LogP contribution in [0.4, 0.5) is 16.6 Å². The highest BCUT2D eigenvalue weighted by atomic mass is 16.6. The second kappa shape index (κ2) is 14.4. The molecule has 6 rings (SSSR count). The van der Waals surface area contributed by atoms with Crippen molar-refractivity contribution in [3.63, 3.8) is 0 Å². The fourth-order valence-corrected chi connectivity index (χ4v) is 6.50. The zero-order valence-electron chi connectivity index (χ0n) is 27.7. The van der Waals surface area contributed by atoms with E-state index in [4.69, 9.17) is 26.0 Å². The zero-order chi connectivity index (χ0) is 32.9. The number of nitrogens with zero attached hydrogens (tertiary/aromatic N) is 7. The highest BCUT2D eigenvalue weighted by Crippen LogP contribution is 2.38. The number of benzene rings is 3. The quantitative estimate of drug-likeness (QED) is 0.224. The minimum absolute atomic E-state index is 0.138. The maximum Gasteiger partial charge on any atom is 0.410 e. The van der Waals surface area contributed by atoms with Crippen LogP contribution in [0.15, 0.2) is 66.7 Å². The maximum absolute atomic E-state index is 13.2. The molecule has 0 saturated carbocycles. The Morgan fingerprint density at radius 2 is 1.81 bits per heavy atom. The van der Waals surface area contributed by atoms with Crippen molar-refractivity contribution in [3.05, 3.63) is 106 Å². The van der Waals surface area contributed by atoms with Gasteiger partial charge in [-0.1, -0.05) is 66.7 Å². The van der Waals surface area contributed by atoms with Crippen LogP contribution >= 0.6 is 0 Å². The second-order valence-corrected chi connectivity index (χ2v) is 12.7. The summed E-state index contributed by atoms with van der Waals surface area (Å²) in [5.41, 5.74) is 5.29. The van der Waals surface area contributed by atoms with Crippen molar-refractivity contribution in [1.29, 1.82) is 0 Å². The Bertz CT molecular complexity index is 1750. The van der Waals surface area contributed by atoms with Crippen molar-refractivity contribution < 1.29 is 14.3 Å². The second-order valence-electron chi connectivity index (χ2n) is 12.7. The summed E-state index contributed by atoms with van der Waals surface area (Å²) in [6.07, 6.45) is 0.0954. The van der Waals surface area contributed by atoms with E-state index in [1.807, 2.05) is 37.4 Å². The van der Waals surface area contributed by atoms with Crippen molar-refractivity contribution in [1.82, 2.24) is 19.8 Å². The number of aryl methyl sites for hydroxylation is 1. The first-order valence-corrected chi connectivity index (χ1v) is 16.2. The number of anilines is 2. The van der Waals surface area contributed by atoms with E-state index in [1.54, 1.807) is 4.90 Å². The van der Waals surface area contributed by atoms with Gasteiger partial charge >= 0.3 is 6.09 Å². The van der Waals surface area contributed by atoms with Gasteiger partial charge in [0.2, 0.25) is 12.5 Å². The number of amides is 1. The molecule has 0 bridgehead atoms. The minimum atomic E-state index is -0.396. The molecule has 10 heteroatoms. The van der Waals surface area contributed by atoms with Crippen LogP contribution in [0, 0.1) is 13.5 Å². The number of hydrogen-bond acceptors (Lipinski definition) is 8. The van der Waals surface area contributed by atoms with Gasteiger partial charge in [0, 0.05) is 51.8 Å². The molecule has 1 unspecified atom stereocenters. The minimum Gasteiger partial charge on any atom is -0.445 e. The molecule has 0 radical (unpaired) electrons. The summed E-state index contributed by atoms with van der Waals surface area (Å²) >= 11 is 0. The van der Waals surface area contributed by atoms with Crippen molar-refractivity contribution in [2.75, 3.05) is 70.2 Å². The number of fused-ring (bicyclic) bond motifs is 2.